The predicted molar refractivity (Wildman–Crippen MR) is 75.7 cm³/mol. The van der Waals surface area contributed by atoms with Crippen molar-refractivity contribution in [3.05, 3.63) is 34.5 Å². The number of halogens is 1. The fourth-order valence-corrected chi connectivity index (χ4v) is 3.06. The Hall–Kier alpha value is -1.95. The van der Waals surface area contributed by atoms with E-state index in [1.54, 1.807) is 19.9 Å². The van der Waals surface area contributed by atoms with Crippen molar-refractivity contribution in [2.45, 2.75) is 26.3 Å². The highest BCUT2D eigenvalue weighted by Gasteiger charge is 2.22. The zero-order valence-electron chi connectivity index (χ0n) is 11.1. The topological polar surface area (TPSA) is 66.4 Å². The van der Waals surface area contributed by atoms with Crippen molar-refractivity contribution in [1.29, 1.82) is 0 Å². The molecule has 1 heterocycles. The number of nitrogens with one attached hydrogen (secondary N) is 1. The summed E-state index contributed by atoms with van der Waals surface area (Å²) in [5.41, 5.74) is 0.669. The number of thiophene rings is 1. The Labute approximate surface area is 119 Å². The van der Waals surface area contributed by atoms with Gasteiger partial charge >= 0.3 is 5.97 Å². The molecule has 2 N–H and O–H groups in total. The van der Waals surface area contributed by atoms with E-state index in [0.717, 1.165) is 4.70 Å². The van der Waals surface area contributed by atoms with Crippen LogP contribution in [0.4, 0.5) is 4.39 Å². The monoisotopic (exact) mass is 295 g/mol. The summed E-state index contributed by atoms with van der Waals surface area (Å²) < 4.78 is 14.0. The number of fused-ring (bicyclic) bond motifs is 1. The summed E-state index contributed by atoms with van der Waals surface area (Å²) in [6.07, 6.45) is 0.305. The molecule has 0 saturated heterocycles. The van der Waals surface area contributed by atoms with E-state index < -0.39 is 17.9 Å². The van der Waals surface area contributed by atoms with Gasteiger partial charge in [0.25, 0.3) is 5.91 Å². The summed E-state index contributed by atoms with van der Waals surface area (Å²) in [6, 6.07) is 3.43. The second-order valence-corrected chi connectivity index (χ2v) is 5.52. The van der Waals surface area contributed by atoms with Gasteiger partial charge in [0.15, 0.2) is 0 Å². The van der Waals surface area contributed by atoms with Gasteiger partial charge in [-0.05, 0) is 42.5 Å². The molecule has 2 aromatic rings. The molecule has 20 heavy (non-hydrogen) atoms. The highest BCUT2D eigenvalue weighted by molar-refractivity contribution is 7.21. The standard InChI is InChI=1S/C14H14FNO3S/c1-3-10(14(18)19)16-13(17)12-7(2)9-6-8(15)4-5-11(9)20-12/h4-6,10H,3H2,1-2H3,(H,16,17)(H,18,19). The molecule has 0 aliphatic rings. The number of aryl methyl sites for hydroxylation is 1. The molecule has 1 amide bonds. The maximum Gasteiger partial charge on any atom is 0.326 e. The van der Waals surface area contributed by atoms with Gasteiger partial charge in [0.2, 0.25) is 0 Å². The van der Waals surface area contributed by atoms with Crippen LogP contribution in [0, 0.1) is 12.7 Å². The Bertz CT molecular complexity index is 680. The van der Waals surface area contributed by atoms with Crippen molar-refractivity contribution in [1.82, 2.24) is 5.32 Å². The molecule has 0 aliphatic carbocycles. The second kappa shape index (κ2) is 5.58. The molecule has 1 unspecified atom stereocenters. The van der Waals surface area contributed by atoms with E-state index in [-0.39, 0.29) is 5.82 Å². The lowest BCUT2D eigenvalue weighted by atomic mass is 10.1. The van der Waals surface area contributed by atoms with E-state index in [9.17, 15) is 14.0 Å². The highest BCUT2D eigenvalue weighted by Crippen LogP contribution is 2.31. The Morgan fingerprint density at radius 2 is 2.15 bits per heavy atom. The van der Waals surface area contributed by atoms with Crippen molar-refractivity contribution in [3.8, 4) is 0 Å². The average Bonchev–Trinajstić information content (AvgIpc) is 2.73. The van der Waals surface area contributed by atoms with Crippen LogP contribution in [0.15, 0.2) is 18.2 Å². The smallest absolute Gasteiger partial charge is 0.326 e. The van der Waals surface area contributed by atoms with Crippen molar-refractivity contribution < 1.29 is 19.1 Å². The van der Waals surface area contributed by atoms with Gasteiger partial charge in [-0.3, -0.25) is 4.79 Å². The quantitative estimate of drug-likeness (QED) is 0.911. The van der Waals surface area contributed by atoms with Gasteiger partial charge < -0.3 is 10.4 Å². The number of aliphatic carboxylic acids is 1. The van der Waals surface area contributed by atoms with E-state index in [0.29, 0.717) is 22.2 Å². The molecule has 1 aromatic carbocycles. The van der Waals surface area contributed by atoms with Gasteiger partial charge in [-0.15, -0.1) is 11.3 Å². The minimum Gasteiger partial charge on any atom is -0.480 e. The van der Waals surface area contributed by atoms with Crippen LogP contribution in [-0.2, 0) is 4.79 Å². The molecule has 1 atom stereocenters. The summed E-state index contributed by atoms with van der Waals surface area (Å²) in [5.74, 6) is -1.86. The number of benzene rings is 1. The van der Waals surface area contributed by atoms with Crippen LogP contribution in [0.3, 0.4) is 0 Å². The number of amides is 1. The third kappa shape index (κ3) is 2.65. The van der Waals surface area contributed by atoms with Crippen LogP contribution in [0.5, 0.6) is 0 Å². The molecule has 1 aromatic heterocycles. The van der Waals surface area contributed by atoms with Gasteiger partial charge in [-0.25, -0.2) is 9.18 Å². The molecular weight excluding hydrogens is 281 g/mol. The van der Waals surface area contributed by atoms with Crippen LogP contribution in [0.1, 0.15) is 28.6 Å². The fourth-order valence-electron chi connectivity index (χ4n) is 1.97. The SMILES string of the molecule is CCC(NC(=O)c1sc2ccc(F)cc2c1C)C(=O)O. The number of rotatable bonds is 4. The number of hydrogen-bond donors (Lipinski definition) is 2. The van der Waals surface area contributed by atoms with Crippen molar-refractivity contribution in [2.75, 3.05) is 0 Å². The molecule has 0 saturated carbocycles. The van der Waals surface area contributed by atoms with Crippen LogP contribution in [-0.4, -0.2) is 23.0 Å². The minimum atomic E-state index is -1.06. The van der Waals surface area contributed by atoms with Crippen molar-refractivity contribution >= 4 is 33.3 Å². The van der Waals surface area contributed by atoms with Crippen molar-refractivity contribution in [2.24, 2.45) is 0 Å². The van der Waals surface area contributed by atoms with Crippen LogP contribution >= 0.6 is 11.3 Å². The average molecular weight is 295 g/mol. The number of carboxylic acid groups (broad SMARTS) is 1. The molecule has 0 bridgehead atoms. The first-order chi connectivity index (χ1) is 9.43. The molecule has 2 rings (SSSR count). The molecule has 0 radical (unpaired) electrons. The summed E-state index contributed by atoms with van der Waals surface area (Å²) in [6.45, 7) is 3.42. The summed E-state index contributed by atoms with van der Waals surface area (Å²) in [5, 5.41) is 12.1. The first kappa shape index (κ1) is 14.5. The van der Waals surface area contributed by atoms with Gasteiger partial charge in [0.05, 0.1) is 4.88 Å². The molecular formula is C14H14FNO3S. The Kier molecular flexibility index (Phi) is 4.04. The number of hydrogen-bond acceptors (Lipinski definition) is 3. The van der Waals surface area contributed by atoms with E-state index in [4.69, 9.17) is 5.11 Å². The Balaban J connectivity index is 2.35. The first-order valence-electron chi connectivity index (χ1n) is 6.16. The third-order valence-electron chi connectivity index (χ3n) is 3.12. The van der Waals surface area contributed by atoms with Gasteiger partial charge in [0, 0.05) is 4.70 Å². The third-order valence-corrected chi connectivity index (χ3v) is 4.39. The van der Waals surface area contributed by atoms with Gasteiger partial charge in [-0.1, -0.05) is 6.92 Å². The molecule has 6 heteroatoms. The van der Waals surface area contributed by atoms with Gasteiger partial charge in [-0.2, -0.15) is 0 Å². The van der Waals surface area contributed by atoms with E-state index in [2.05, 4.69) is 5.32 Å². The number of carbonyl (C=O) groups is 2. The molecule has 106 valence electrons. The summed E-state index contributed by atoms with van der Waals surface area (Å²) >= 11 is 1.23. The van der Waals surface area contributed by atoms with Crippen LogP contribution < -0.4 is 5.32 Å². The Morgan fingerprint density at radius 1 is 1.45 bits per heavy atom. The number of carboxylic acids is 1. The predicted octanol–water partition coefficient (Wildman–Crippen LogP) is 2.94. The van der Waals surface area contributed by atoms with Crippen LogP contribution in [0.2, 0.25) is 0 Å². The summed E-state index contributed by atoms with van der Waals surface area (Å²) in [4.78, 5) is 23.5. The maximum atomic E-state index is 13.2. The van der Waals surface area contributed by atoms with Crippen LogP contribution in [0.25, 0.3) is 10.1 Å². The summed E-state index contributed by atoms with van der Waals surface area (Å²) in [7, 11) is 0. The number of carbonyl (C=O) groups excluding carboxylic acids is 1. The maximum absolute atomic E-state index is 13.2. The van der Waals surface area contributed by atoms with Crippen molar-refractivity contribution in [3.63, 3.8) is 0 Å². The lowest BCUT2D eigenvalue weighted by Gasteiger charge is -2.11. The second-order valence-electron chi connectivity index (χ2n) is 4.47. The lowest BCUT2D eigenvalue weighted by molar-refractivity contribution is -0.139. The normalized spacial score (nSPS) is 12.3. The van der Waals surface area contributed by atoms with E-state index >= 15 is 0 Å². The highest BCUT2D eigenvalue weighted by atomic mass is 32.1. The van der Waals surface area contributed by atoms with Gasteiger partial charge in [0.1, 0.15) is 11.9 Å². The Morgan fingerprint density at radius 3 is 2.75 bits per heavy atom. The molecule has 4 nitrogen and oxygen atoms in total. The largest absolute Gasteiger partial charge is 0.480 e. The first-order valence-corrected chi connectivity index (χ1v) is 6.98. The lowest BCUT2D eigenvalue weighted by Crippen LogP contribution is -2.40. The fraction of sp³-hybridized carbons (Fsp3) is 0.286. The van der Waals surface area contributed by atoms with E-state index in [1.165, 1.54) is 23.5 Å². The zero-order valence-corrected chi connectivity index (χ0v) is 11.9. The molecule has 0 spiro atoms. The molecule has 0 aliphatic heterocycles. The minimum absolute atomic E-state index is 0.305. The molecule has 0 fully saturated rings. The zero-order chi connectivity index (χ0) is 14.9. The van der Waals surface area contributed by atoms with E-state index in [1.807, 2.05) is 0 Å².